The van der Waals surface area contributed by atoms with Crippen LogP contribution in [0.3, 0.4) is 0 Å². The number of hydrogen-bond donors (Lipinski definition) is 0. The summed E-state index contributed by atoms with van der Waals surface area (Å²) in [6.07, 6.45) is 8.80. The molecule has 31 heavy (non-hydrogen) atoms. The van der Waals surface area contributed by atoms with Crippen molar-refractivity contribution in [2.24, 2.45) is 0 Å². The first-order chi connectivity index (χ1) is 15.3. The molecule has 0 spiro atoms. The second-order valence-electron chi connectivity index (χ2n) is 7.56. The van der Waals surface area contributed by atoms with Gasteiger partial charge in [0.05, 0.1) is 11.4 Å². The molecule has 1 aromatic heterocycles. The van der Waals surface area contributed by atoms with Crippen LogP contribution in [0.4, 0.5) is 0 Å². The molecule has 0 unspecified atom stereocenters. The van der Waals surface area contributed by atoms with E-state index in [0.29, 0.717) is 0 Å². The first-order valence-electron chi connectivity index (χ1n) is 10.4. The monoisotopic (exact) mass is 512 g/mol. The van der Waals surface area contributed by atoms with Gasteiger partial charge in [-0.25, -0.2) is 9.97 Å². The van der Waals surface area contributed by atoms with Crippen LogP contribution in [-0.2, 0) is 0 Å². The summed E-state index contributed by atoms with van der Waals surface area (Å²) in [6.45, 7) is 0. The topological polar surface area (TPSA) is 25.8 Å². The third-order valence-electron chi connectivity index (χ3n) is 5.37. The van der Waals surface area contributed by atoms with Crippen molar-refractivity contribution in [3.05, 3.63) is 112 Å². The Balaban J connectivity index is 1.65. The number of rotatable bonds is 4. The Morgan fingerprint density at radius 1 is 0.613 bits per heavy atom. The highest BCUT2D eigenvalue weighted by molar-refractivity contribution is 14.1. The van der Waals surface area contributed by atoms with Gasteiger partial charge in [0.15, 0.2) is 5.82 Å². The van der Waals surface area contributed by atoms with E-state index < -0.39 is 0 Å². The average molecular weight is 512 g/mol. The van der Waals surface area contributed by atoms with Crippen molar-refractivity contribution < 1.29 is 0 Å². The molecule has 0 bridgehead atoms. The minimum Gasteiger partial charge on any atom is -0.228 e. The summed E-state index contributed by atoms with van der Waals surface area (Å²) in [7, 11) is 0. The zero-order valence-electron chi connectivity index (χ0n) is 17.0. The van der Waals surface area contributed by atoms with E-state index in [1.165, 1.54) is 20.3 Å². The zero-order valence-corrected chi connectivity index (χ0v) is 19.2. The molecule has 3 aromatic carbocycles. The van der Waals surface area contributed by atoms with Gasteiger partial charge in [0, 0.05) is 14.7 Å². The Morgan fingerprint density at radius 2 is 1.35 bits per heavy atom. The first-order valence-corrected chi connectivity index (χ1v) is 11.5. The van der Waals surface area contributed by atoms with Crippen molar-refractivity contribution in [3.63, 3.8) is 0 Å². The van der Waals surface area contributed by atoms with E-state index >= 15 is 0 Å². The van der Waals surface area contributed by atoms with Gasteiger partial charge in [0.2, 0.25) is 0 Å². The molecule has 0 atom stereocenters. The van der Waals surface area contributed by atoms with Gasteiger partial charge in [0.1, 0.15) is 0 Å². The molecule has 0 N–H and O–H groups in total. The maximum Gasteiger partial charge on any atom is 0.160 e. The summed E-state index contributed by atoms with van der Waals surface area (Å²) in [5, 5.41) is 0. The molecule has 0 fully saturated rings. The highest BCUT2D eigenvalue weighted by atomic mass is 127. The lowest BCUT2D eigenvalue weighted by atomic mass is 9.99. The Kier molecular flexibility index (Phi) is 5.76. The van der Waals surface area contributed by atoms with Crippen LogP contribution in [0.2, 0.25) is 0 Å². The molecule has 1 aliphatic rings. The lowest BCUT2D eigenvalue weighted by Crippen LogP contribution is -1.99. The fourth-order valence-electron chi connectivity index (χ4n) is 3.79. The largest absolute Gasteiger partial charge is 0.228 e. The Hall–Kier alpha value is -3.05. The van der Waals surface area contributed by atoms with Crippen LogP contribution in [0.5, 0.6) is 0 Å². The van der Waals surface area contributed by atoms with E-state index in [2.05, 4.69) is 120 Å². The standard InChI is InChI=1S/C28H21IN2/c29-25-16-8-15-24(18-25)28-30-26(21-11-5-2-6-12-21)19-27(31-28)23-14-7-13-22(17-23)20-9-3-1-4-10-20/h1,3-5,7-19H,2,6H2. The average Bonchev–Trinajstić information content (AvgIpc) is 2.85. The number of aromatic nitrogens is 2. The van der Waals surface area contributed by atoms with Gasteiger partial charge >= 0.3 is 0 Å². The lowest BCUT2D eigenvalue weighted by Gasteiger charge is -2.12. The predicted octanol–water partition coefficient (Wildman–Crippen LogP) is 7.82. The van der Waals surface area contributed by atoms with Crippen molar-refractivity contribution in [2.45, 2.75) is 12.8 Å². The van der Waals surface area contributed by atoms with Crippen LogP contribution >= 0.6 is 22.6 Å². The fourth-order valence-corrected chi connectivity index (χ4v) is 4.33. The third-order valence-corrected chi connectivity index (χ3v) is 6.04. The Morgan fingerprint density at radius 3 is 2.16 bits per heavy atom. The summed E-state index contributed by atoms with van der Waals surface area (Å²) in [5.74, 6) is 0.760. The van der Waals surface area contributed by atoms with E-state index in [9.17, 15) is 0 Å². The molecule has 4 aromatic rings. The van der Waals surface area contributed by atoms with E-state index in [1.54, 1.807) is 0 Å². The van der Waals surface area contributed by atoms with Crippen LogP contribution in [0.15, 0.2) is 103 Å². The molecule has 1 aliphatic carbocycles. The summed E-state index contributed by atoms with van der Waals surface area (Å²) >= 11 is 2.34. The molecular weight excluding hydrogens is 491 g/mol. The van der Waals surface area contributed by atoms with Gasteiger partial charge in [-0.15, -0.1) is 0 Å². The zero-order chi connectivity index (χ0) is 21.0. The predicted molar refractivity (Wildman–Crippen MR) is 137 cm³/mol. The molecule has 0 saturated carbocycles. The number of halogens is 1. The number of hydrogen-bond acceptors (Lipinski definition) is 2. The van der Waals surface area contributed by atoms with Crippen LogP contribution in [-0.4, -0.2) is 9.97 Å². The quantitative estimate of drug-likeness (QED) is 0.261. The van der Waals surface area contributed by atoms with Gasteiger partial charge in [-0.1, -0.05) is 78.9 Å². The van der Waals surface area contributed by atoms with Crippen molar-refractivity contribution in [3.8, 4) is 33.8 Å². The van der Waals surface area contributed by atoms with E-state index in [-0.39, 0.29) is 0 Å². The van der Waals surface area contributed by atoms with Crippen LogP contribution < -0.4 is 0 Å². The summed E-state index contributed by atoms with van der Waals surface area (Å²) in [6, 6.07) is 29.5. The van der Waals surface area contributed by atoms with Gasteiger partial charge in [0.25, 0.3) is 0 Å². The van der Waals surface area contributed by atoms with Crippen molar-refractivity contribution in [1.82, 2.24) is 9.97 Å². The van der Waals surface area contributed by atoms with Crippen LogP contribution in [0.25, 0.3) is 39.3 Å². The molecule has 5 rings (SSSR count). The fraction of sp³-hybridized carbons (Fsp3) is 0.0714. The van der Waals surface area contributed by atoms with Gasteiger partial charge in [-0.05, 0) is 76.4 Å². The Labute approximate surface area is 196 Å². The molecule has 0 radical (unpaired) electrons. The normalized spacial score (nSPS) is 13.1. The highest BCUT2D eigenvalue weighted by Crippen LogP contribution is 2.30. The van der Waals surface area contributed by atoms with Crippen LogP contribution in [0.1, 0.15) is 18.5 Å². The van der Waals surface area contributed by atoms with E-state index in [4.69, 9.17) is 9.97 Å². The minimum atomic E-state index is 0.760. The Bertz CT molecular complexity index is 1290. The molecule has 2 nitrogen and oxygen atoms in total. The summed E-state index contributed by atoms with van der Waals surface area (Å²) in [4.78, 5) is 9.92. The molecule has 0 aliphatic heterocycles. The number of benzene rings is 3. The van der Waals surface area contributed by atoms with Crippen molar-refractivity contribution in [2.75, 3.05) is 0 Å². The molecule has 0 amide bonds. The third kappa shape index (κ3) is 4.52. The smallest absolute Gasteiger partial charge is 0.160 e. The second kappa shape index (κ2) is 8.98. The van der Waals surface area contributed by atoms with Crippen molar-refractivity contribution in [1.29, 1.82) is 0 Å². The highest BCUT2D eigenvalue weighted by Gasteiger charge is 2.12. The maximum absolute atomic E-state index is 4.98. The van der Waals surface area contributed by atoms with Crippen molar-refractivity contribution >= 4 is 28.2 Å². The first kappa shape index (κ1) is 19.9. The molecule has 0 saturated heterocycles. The number of allylic oxidation sites excluding steroid dienone is 4. The minimum absolute atomic E-state index is 0.760. The van der Waals surface area contributed by atoms with Gasteiger partial charge in [-0.2, -0.15) is 0 Å². The SMILES string of the molecule is Ic1cccc(-c2nc(C3=CCCC=C3)cc(-c3cccc(-c4ccccc4)c3)n2)c1. The van der Waals surface area contributed by atoms with Gasteiger partial charge < -0.3 is 0 Å². The summed E-state index contributed by atoms with van der Waals surface area (Å²) in [5.41, 5.74) is 7.60. The van der Waals surface area contributed by atoms with Gasteiger partial charge in [-0.3, -0.25) is 0 Å². The molecule has 150 valence electrons. The molecule has 1 heterocycles. The van der Waals surface area contributed by atoms with Crippen LogP contribution in [0, 0.1) is 3.57 Å². The molecular formula is C28H21IN2. The maximum atomic E-state index is 4.98. The lowest BCUT2D eigenvalue weighted by molar-refractivity contribution is 1.03. The summed E-state index contributed by atoms with van der Waals surface area (Å²) < 4.78 is 1.17. The van der Waals surface area contributed by atoms with E-state index in [0.717, 1.165) is 41.2 Å². The van der Waals surface area contributed by atoms with E-state index in [1.807, 2.05) is 6.07 Å². The molecule has 3 heteroatoms. The second-order valence-corrected chi connectivity index (χ2v) is 8.80. The number of nitrogens with zero attached hydrogens (tertiary/aromatic N) is 2.